The molecule has 1 heterocycles. The molecule has 5 nitrogen and oxygen atoms in total. The third-order valence-corrected chi connectivity index (χ3v) is 7.08. The zero-order chi connectivity index (χ0) is 20.9. The van der Waals surface area contributed by atoms with Crippen molar-refractivity contribution in [3.63, 3.8) is 0 Å². The maximum Gasteiger partial charge on any atom is 0.325 e. The van der Waals surface area contributed by atoms with Gasteiger partial charge in [-0.2, -0.15) is 0 Å². The van der Waals surface area contributed by atoms with E-state index in [0.717, 1.165) is 11.3 Å². The topological polar surface area (TPSA) is 65.0 Å². The molecule has 154 valence electrons. The molecule has 1 aliphatic rings. The molecule has 0 spiro atoms. The first-order chi connectivity index (χ1) is 13.3. The van der Waals surface area contributed by atoms with Gasteiger partial charge in [0.05, 0.1) is 25.7 Å². The number of methoxy groups -OCH3 is 1. The second-order valence-electron chi connectivity index (χ2n) is 6.95. The van der Waals surface area contributed by atoms with Crippen molar-refractivity contribution >= 4 is 41.0 Å². The predicted octanol–water partition coefficient (Wildman–Crippen LogP) is 4.80. The summed E-state index contributed by atoms with van der Waals surface area (Å²) in [5, 5.41) is 0.622. The van der Waals surface area contributed by atoms with Crippen molar-refractivity contribution in [2.75, 3.05) is 13.7 Å². The lowest BCUT2D eigenvalue weighted by molar-refractivity contribution is -0.152. The first-order valence-corrected chi connectivity index (χ1v) is 10.7. The fraction of sp³-hybridized carbons (Fsp3) is 0.571. The fourth-order valence-corrected chi connectivity index (χ4v) is 5.47. The van der Waals surface area contributed by atoms with Gasteiger partial charge in [-0.05, 0) is 44.5 Å². The number of carbonyl (C=O) groups excluding carboxylic acids is 2. The molecule has 28 heavy (non-hydrogen) atoms. The van der Waals surface area contributed by atoms with Crippen LogP contribution in [0.3, 0.4) is 0 Å². The molecule has 0 saturated heterocycles. The number of benzene rings is 1. The van der Waals surface area contributed by atoms with E-state index in [-0.39, 0.29) is 23.9 Å². The molecule has 0 bridgehead atoms. The van der Waals surface area contributed by atoms with Gasteiger partial charge in [0, 0.05) is 21.5 Å². The number of nitrogens with zero attached hydrogens (tertiary/aromatic N) is 1. The number of rotatable bonds is 7. The highest BCUT2D eigenvalue weighted by molar-refractivity contribution is 8.01. The average Bonchev–Trinajstić information content (AvgIpc) is 2.68. The Morgan fingerprint density at radius 2 is 1.89 bits per heavy atom. The number of hydrogen-bond acceptors (Lipinski definition) is 6. The minimum Gasteiger partial charge on any atom is -0.469 e. The van der Waals surface area contributed by atoms with E-state index in [4.69, 9.17) is 26.1 Å². The number of carbonyl (C=O) groups is 2. The zero-order valence-corrected chi connectivity index (χ0v) is 18.6. The first kappa shape index (κ1) is 22.8. The Kier molecular flexibility index (Phi) is 7.96. The molecule has 0 aliphatic carbocycles. The number of esters is 2. The molecule has 0 saturated carbocycles. The van der Waals surface area contributed by atoms with E-state index in [9.17, 15) is 9.59 Å². The van der Waals surface area contributed by atoms with Crippen molar-refractivity contribution in [3.05, 3.63) is 29.3 Å². The lowest BCUT2D eigenvalue weighted by Crippen LogP contribution is -2.59. The summed E-state index contributed by atoms with van der Waals surface area (Å²) < 4.78 is 9.64. The number of hydrogen-bond donors (Lipinski definition) is 0. The highest BCUT2D eigenvalue weighted by atomic mass is 35.5. The Balaban J connectivity index is 2.60. The van der Waals surface area contributed by atoms with Gasteiger partial charge in [0.2, 0.25) is 0 Å². The van der Waals surface area contributed by atoms with Crippen LogP contribution in [-0.4, -0.2) is 42.2 Å². The molecule has 0 fully saturated rings. The van der Waals surface area contributed by atoms with E-state index in [1.807, 2.05) is 39.8 Å². The van der Waals surface area contributed by atoms with Crippen molar-refractivity contribution in [2.24, 2.45) is 16.8 Å². The van der Waals surface area contributed by atoms with Crippen LogP contribution in [0.1, 0.15) is 40.5 Å². The summed E-state index contributed by atoms with van der Waals surface area (Å²) in [6, 6.07) is 6.97. The van der Waals surface area contributed by atoms with Gasteiger partial charge < -0.3 is 9.47 Å². The molecule has 0 N–H and O–H groups in total. The average molecular weight is 426 g/mol. The molecular weight excluding hydrogens is 398 g/mol. The van der Waals surface area contributed by atoms with Gasteiger partial charge >= 0.3 is 11.9 Å². The van der Waals surface area contributed by atoms with Crippen LogP contribution in [0.25, 0.3) is 0 Å². The molecule has 1 aromatic rings. The predicted molar refractivity (Wildman–Crippen MR) is 113 cm³/mol. The fourth-order valence-electron chi connectivity index (χ4n) is 3.86. The highest BCUT2D eigenvalue weighted by Gasteiger charge is 2.58. The van der Waals surface area contributed by atoms with Crippen LogP contribution in [0, 0.1) is 11.8 Å². The van der Waals surface area contributed by atoms with Gasteiger partial charge in [0.25, 0.3) is 0 Å². The van der Waals surface area contributed by atoms with Crippen LogP contribution in [0.4, 0.5) is 0 Å². The molecule has 4 atom stereocenters. The van der Waals surface area contributed by atoms with Gasteiger partial charge in [-0.15, -0.1) is 11.8 Å². The molecule has 0 amide bonds. The number of aliphatic imine (C=N–C) groups is 1. The Labute approximate surface area is 176 Å². The molecule has 2 rings (SSSR count). The highest BCUT2D eigenvalue weighted by Crippen LogP contribution is 2.50. The van der Waals surface area contributed by atoms with Crippen LogP contribution < -0.4 is 0 Å². The summed E-state index contributed by atoms with van der Waals surface area (Å²) in [6.07, 6.45) is 1.33. The van der Waals surface area contributed by atoms with Crippen LogP contribution in [0.5, 0.6) is 0 Å². The van der Waals surface area contributed by atoms with Crippen LogP contribution >= 0.6 is 23.4 Å². The quantitative estimate of drug-likeness (QED) is 0.587. The molecule has 0 radical (unpaired) electrons. The third-order valence-electron chi connectivity index (χ3n) is 5.17. The standard InChI is InChI=1S/C21H28ClNO4S/c1-6-12-27-20(25)21(28-16-10-8-15(22)9-11-16)14(4)23-13(3)18(17(21)7-2)19(24)26-5/h8-11,14,17-18H,6-7,12H2,1-5H3. The van der Waals surface area contributed by atoms with E-state index in [2.05, 4.69) is 0 Å². The lowest BCUT2D eigenvalue weighted by Gasteiger charge is -2.46. The number of halogens is 1. The summed E-state index contributed by atoms with van der Waals surface area (Å²) in [4.78, 5) is 31.6. The maximum absolute atomic E-state index is 13.4. The summed E-state index contributed by atoms with van der Waals surface area (Å²) in [5.74, 6) is -1.60. The van der Waals surface area contributed by atoms with Crippen LogP contribution in [0.15, 0.2) is 34.2 Å². The summed E-state index contributed by atoms with van der Waals surface area (Å²) >= 11 is 7.43. The minimum absolute atomic E-state index is 0.308. The maximum atomic E-state index is 13.4. The van der Waals surface area contributed by atoms with E-state index >= 15 is 0 Å². The second-order valence-corrected chi connectivity index (χ2v) is 8.73. The van der Waals surface area contributed by atoms with Gasteiger partial charge in [-0.3, -0.25) is 14.6 Å². The number of ether oxygens (including phenoxy) is 2. The SMILES string of the molecule is CCCOC(=O)C1(Sc2ccc(Cl)cc2)C(C)N=C(C)C(C(=O)OC)C1CC. The lowest BCUT2D eigenvalue weighted by atomic mass is 9.71. The van der Waals surface area contributed by atoms with Crippen molar-refractivity contribution in [1.82, 2.24) is 0 Å². The monoisotopic (exact) mass is 425 g/mol. The van der Waals surface area contributed by atoms with E-state index in [0.29, 0.717) is 23.8 Å². The molecule has 1 aromatic carbocycles. The van der Waals surface area contributed by atoms with Crippen LogP contribution in [-0.2, 0) is 19.1 Å². The Bertz CT molecular complexity index is 736. The van der Waals surface area contributed by atoms with Crippen LogP contribution in [0.2, 0.25) is 5.02 Å². The third kappa shape index (κ3) is 4.38. The molecule has 7 heteroatoms. The Hall–Kier alpha value is -1.53. The second kappa shape index (κ2) is 9.79. The van der Waals surface area contributed by atoms with Crippen molar-refractivity contribution in [2.45, 2.75) is 56.2 Å². The van der Waals surface area contributed by atoms with E-state index in [1.54, 1.807) is 12.1 Å². The van der Waals surface area contributed by atoms with Crippen molar-refractivity contribution in [1.29, 1.82) is 0 Å². The molecule has 0 aromatic heterocycles. The summed E-state index contributed by atoms with van der Waals surface area (Å²) in [7, 11) is 1.36. The van der Waals surface area contributed by atoms with Gasteiger partial charge in [-0.25, -0.2) is 0 Å². The number of thioether (sulfide) groups is 1. The van der Waals surface area contributed by atoms with E-state index < -0.39 is 10.7 Å². The van der Waals surface area contributed by atoms with Gasteiger partial charge in [0.1, 0.15) is 4.75 Å². The molecule has 1 aliphatic heterocycles. The largest absolute Gasteiger partial charge is 0.469 e. The Morgan fingerprint density at radius 1 is 1.25 bits per heavy atom. The molecule has 4 unspecified atom stereocenters. The zero-order valence-electron chi connectivity index (χ0n) is 17.0. The first-order valence-electron chi connectivity index (χ1n) is 9.55. The summed E-state index contributed by atoms with van der Waals surface area (Å²) in [6.45, 7) is 8.00. The van der Waals surface area contributed by atoms with E-state index in [1.165, 1.54) is 18.9 Å². The minimum atomic E-state index is -1.03. The molecular formula is C21H28ClNO4S. The normalized spacial score (nSPS) is 27.1. The van der Waals surface area contributed by atoms with Crippen molar-refractivity contribution < 1.29 is 19.1 Å². The van der Waals surface area contributed by atoms with Crippen molar-refractivity contribution in [3.8, 4) is 0 Å². The smallest absolute Gasteiger partial charge is 0.325 e. The summed E-state index contributed by atoms with van der Waals surface area (Å²) in [5.41, 5.74) is 0.696. The van der Waals surface area contributed by atoms with Gasteiger partial charge in [-0.1, -0.05) is 31.9 Å². The Morgan fingerprint density at radius 3 is 2.43 bits per heavy atom. The van der Waals surface area contributed by atoms with Gasteiger partial charge in [0.15, 0.2) is 0 Å².